The summed E-state index contributed by atoms with van der Waals surface area (Å²) < 4.78 is 0. The number of carbonyl (C=O) groups is 1. The Bertz CT molecular complexity index is 549. The van der Waals surface area contributed by atoms with E-state index in [1.54, 1.807) is 12.1 Å². The van der Waals surface area contributed by atoms with Crippen molar-refractivity contribution in [1.29, 1.82) is 0 Å². The standard InChI is InChI=1S/C12H10ClNO/c1-7-5-12(8(2)15)14-11-4-3-9(13)6-10(7)11/h3-6H,1-2H3. The van der Waals surface area contributed by atoms with E-state index in [0.29, 0.717) is 10.7 Å². The van der Waals surface area contributed by atoms with Crippen molar-refractivity contribution in [3.05, 3.63) is 40.5 Å². The van der Waals surface area contributed by atoms with Gasteiger partial charge in [-0.15, -0.1) is 0 Å². The first-order chi connectivity index (χ1) is 7.08. The van der Waals surface area contributed by atoms with Crippen LogP contribution in [0.2, 0.25) is 5.02 Å². The number of hydrogen-bond donors (Lipinski definition) is 0. The summed E-state index contributed by atoms with van der Waals surface area (Å²) >= 11 is 5.90. The normalized spacial score (nSPS) is 10.6. The van der Waals surface area contributed by atoms with Crippen LogP contribution in [0.3, 0.4) is 0 Å². The van der Waals surface area contributed by atoms with Crippen LogP contribution in [-0.4, -0.2) is 10.8 Å². The summed E-state index contributed by atoms with van der Waals surface area (Å²) in [5.74, 6) is -0.0186. The van der Waals surface area contributed by atoms with Gasteiger partial charge in [-0.1, -0.05) is 11.6 Å². The van der Waals surface area contributed by atoms with Crippen LogP contribution in [0.15, 0.2) is 24.3 Å². The van der Waals surface area contributed by atoms with Crippen molar-refractivity contribution in [2.75, 3.05) is 0 Å². The Kier molecular flexibility index (Phi) is 2.45. The predicted octanol–water partition coefficient (Wildman–Crippen LogP) is 3.40. The van der Waals surface area contributed by atoms with E-state index in [4.69, 9.17) is 11.6 Å². The maximum Gasteiger partial charge on any atom is 0.178 e. The molecule has 2 nitrogen and oxygen atoms in total. The van der Waals surface area contributed by atoms with Crippen LogP contribution in [-0.2, 0) is 0 Å². The number of Topliss-reactive ketones (excluding diaryl/α,β-unsaturated/α-hetero) is 1. The molecule has 1 heterocycles. The molecule has 3 heteroatoms. The number of pyridine rings is 1. The van der Waals surface area contributed by atoms with Crippen LogP contribution < -0.4 is 0 Å². The molecule has 0 N–H and O–H groups in total. The first kappa shape index (κ1) is 10.1. The highest BCUT2D eigenvalue weighted by Gasteiger charge is 2.06. The molecule has 15 heavy (non-hydrogen) atoms. The summed E-state index contributed by atoms with van der Waals surface area (Å²) in [6, 6.07) is 7.27. The van der Waals surface area contributed by atoms with E-state index in [0.717, 1.165) is 16.5 Å². The number of carbonyl (C=O) groups excluding carboxylic acids is 1. The van der Waals surface area contributed by atoms with Crippen molar-refractivity contribution >= 4 is 28.3 Å². The van der Waals surface area contributed by atoms with E-state index in [2.05, 4.69) is 4.98 Å². The zero-order valence-electron chi connectivity index (χ0n) is 8.54. The molecule has 0 aliphatic rings. The highest BCUT2D eigenvalue weighted by molar-refractivity contribution is 6.31. The average Bonchev–Trinajstić information content (AvgIpc) is 2.18. The molecule has 0 aliphatic heterocycles. The lowest BCUT2D eigenvalue weighted by atomic mass is 10.1. The fourth-order valence-electron chi connectivity index (χ4n) is 1.55. The number of benzene rings is 1. The second-order valence-corrected chi connectivity index (χ2v) is 3.98. The van der Waals surface area contributed by atoms with Crippen LogP contribution >= 0.6 is 11.6 Å². The molecule has 2 aromatic rings. The smallest absolute Gasteiger partial charge is 0.178 e. The van der Waals surface area contributed by atoms with Gasteiger partial charge in [-0.2, -0.15) is 0 Å². The van der Waals surface area contributed by atoms with E-state index >= 15 is 0 Å². The van der Waals surface area contributed by atoms with E-state index in [-0.39, 0.29) is 5.78 Å². The summed E-state index contributed by atoms with van der Waals surface area (Å²) in [5.41, 5.74) is 2.33. The average molecular weight is 220 g/mol. The summed E-state index contributed by atoms with van der Waals surface area (Å²) in [5, 5.41) is 1.68. The Morgan fingerprint density at radius 3 is 2.73 bits per heavy atom. The molecule has 0 fully saturated rings. The van der Waals surface area contributed by atoms with Crippen LogP contribution in [0.1, 0.15) is 23.0 Å². The Hall–Kier alpha value is -1.41. The summed E-state index contributed by atoms with van der Waals surface area (Å²) in [6.45, 7) is 3.47. The van der Waals surface area contributed by atoms with Gasteiger partial charge < -0.3 is 0 Å². The maximum atomic E-state index is 11.2. The molecule has 0 spiro atoms. The lowest BCUT2D eigenvalue weighted by molar-refractivity contribution is 0.101. The van der Waals surface area contributed by atoms with Crippen LogP contribution in [0.25, 0.3) is 10.9 Å². The van der Waals surface area contributed by atoms with Gasteiger partial charge in [-0.3, -0.25) is 4.79 Å². The third-order valence-corrected chi connectivity index (χ3v) is 2.57. The van der Waals surface area contributed by atoms with E-state index < -0.39 is 0 Å². The fourth-order valence-corrected chi connectivity index (χ4v) is 1.72. The van der Waals surface area contributed by atoms with Gasteiger partial charge in [0.1, 0.15) is 5.69 Å². The number of hydrogen-bond acceptors (Lipinski definition) is 2. The van der Waals surface area contributed by atoms with E-state index in [9.17, 15) is 4.79 Å². The van der Waals surface area contributed by atoms with Crippen molar-refractivity contribution in [3.8, 4) is 0 Å². The van der Waals surface area contributed by atoms with Crippen molar-refractivity contribution in [1.82, 2.24) is 4.98 Å². The molecule has 0 aliphatic carbocycles. The van der Waals surface area contributed by atoms with Crippen LogP contribution in [0.4, 0.5) is 0 Å². The van der Waals surface area contributed by atoms with Crippen LogP contribution in [0, 0.1) is 6.92 Å². The zero-order valence-corrected chi connectivity index (χ0v) is 9.30. The second-order valence-electron chi connectivity index (χ2n) is 3.54. The Balaban J connectivity index is 2.78. The summed E-state index contributed by atoms with van der Waals surface area (Å²) in [4.78, 5) is 15.5. The van der Waals surface area contributed by atoms with Gasteiger partial charge >= 0.3 is 0 Å². The Morgan fingerprint density at radius 2 is 2.07 bits per heavy atom. The number of fused-ring (bicyclic) bond motifs is 1. The van der Waals surface area contributed by atoms with Gasteiger partial charge in [0.05, 0.1) is 5.52 Å². The molecular formula is C12H10ClNO. The van der Waals surface area contributed by atoms with Crippen LogP contribution in [0.5, 0.6) is 0 Å². The minimum Gasteiger partial charge on any atom is -0.293 e. The number of nitrogens with zero attached hydrogens (tertiary/aromatic N) is 1. The zero-order chi connectivity index (χ0) is 11.0. The monoisotopic (exact) mass is 219 g/mol. The second kappa shape index (κ2) is 3.63. The molecule has 0 atom stereocenters. The first-order valence-corrected chi connectivity index (χ1v) is 5.03. The van der Waals surface area contributed by atoms with E-state index in [1.807, 2.05) is 19.1 Å². The lowest BCUT2D eigenvalue weighted by Crippen LogP contribution is -1.98. The molecule has 1 aromatic carbocycles. The maximum absolute atomic E-state index is 11.2. The number of aromatic nitrogens is 1. The quantitative estimate of drug-likeness (QED) is 0.688. The highest BCUT2D eigenvalue weighted by atomic mass is 35.5. The van der Waals surface area contributed by atoms with Gasteiger partial charge in [-0.05, 0) is 36.8 Å². The van der Waals surface area contributed by atoms with Gasteiger partial charge in [0, 0.05) is 17.3 Å². The fraction of sp³-hybridized carbons (Fsp3) is 0.167. The van der Waals surface area contributed by atoms with Gasteiger partial charge in [0.25, 0.3) is 0 Å². The molecular weight excluding hydrogens is 210 g/mol. The number of halogens is 1. The molecule has 0 unspecified atom stereocenters. The molecule has 0 amide bonds. The molecule has 2 rings (SSSR count). The largest absolute Gasteiger partial charge is 0.293 e. The van der Waals surface area contributed by atoms with Gasteiger partial charge in [0.2, 0.25) is 0 Å². The van der Waals surface area contributed by atoms with Gasteiger partial charge in [0.15, 0.2) is 5.78 Å². The Morgan fingerprint density at radius 1 is 1.33 bits per heavy atom. The van der Waals surface area contributed by atoms with E-state index in [1.165, 1.54) is 6.92 Å². The van der Waals surface area contributed by atoms with Crippen molar-refractivity contribution in [2.45, 2.75) is 13.8 Å². The third-order valence-electron chi connectivity index (χ3n) is 2.34. The molecule has 0 saturated carbocycles. The molecule has 0 saturated heterocycles. The SMILES string of the molecule is CC(=O)c1cc(C)c2cc(Cl)ccc2n1. The Labute approximate surface area is 92.9 Å². The topological polar surface area (TPSA) is 30.0 Å². The molecule has 1 aromatic heterocycles. The highest BCUT2D eigenvalue weighted by Crippen LogP contribution is 2.21. The summed E-state index contributed by atoms with van der Waals surface area (Å²) in [6.07, 6.45) is 0. The lowest BCUT2D eigenvalue weighted by Gasteiger charge is -2.04. The molecule has 0 radical (unpaired) electrons. The predicted molar refractivity (Wildman–Crippen MR) is 61.5 cm³/mol. The molecule has 76 valence electrons. The van der Waals surface area contributed by atoms with Gasteiger partial charge in [-0.25, -0.2) is 4.98 Å². The first-order valence-electron chi connectivity index (χ1n) is 4.66. The van der Waals surface area contributed by atoms with Crippen molar-refractivity contribution in [2.24, 2.45) is 0 Å². The number of ketones is 1. The third kappa shape index (κ3) is 1.85. The number of rotatable bonds is 1. The number of aryl methyl sites for hydroxylation is 1. The van der Waals surface area contributed by atoms with Crippen molar-refractivity contribution < 1.29 is 4.79 Å². The van der Waals surface area contributed by atoms with Crippen molar-refractivity contribution in [3.63, 3.8) is 0 Å². The molecule has 0 bridgehead atoms. The summed E-state index contributed by atoms with van der Waals surface area (Å²) in [7, 11) is 0. The minimum absolute atomic E-state index is 0.0186. The minimum atomic E-state index is -0.0186.